The van der Waals surface area contributed by atoms with Crippen LogP contribution in [0.3, 0.4) is 0 Å². The summed E-state index contributed by atoms with van der Waals surface area (Å²) in [5.74, 6) is -0.558. The lowest BCUT2D eigenvalue weighted by molar-refractivity contribution is -0.138. The molecule has 0 aromatic heterocycles. The molecular formula is C14H24N2O4. The number of carboxylic acid groups (broad SMARTS) is 1. The molecule has 2 rings (SSSR count). The Morgan fingerprint density at radius 2 is 2.00 bits per heavy atom. The summed E-state index contributed by atoms with van der Waals surface area (Å²) in [6.45, 7) is 1.85. The number of amides is 2. The third-order valence-corrected chi connectivity index (χ3v) is 4.28. The molecule has 2 aliphatic rings. The Morgan fingerprint density at radius 3 is 2.60 bits per heavy atom. The van der Waals surface area contributed by atoms with Crippen LogP contribution in [0.4, 0.5) is 4.79 Å². The van der Waals surface area contributed by atoms with E-state index in [0.717, 1.165) is 32.1 Å². The summed E-state index contributed by atoms with van der Waals surface area (Å²) < 4.78 is 5.13. The van der Waals surface area contributed by atoms with Crippen LogP contribution in [0, 0.1) is 5.92 Å². The van der Waals surface area contributed by atoms with Crippen molar-refractivity contribution in [3.05, 3.63) is 0 Å². The summed E-state index contributed by atoms with van der Waals surface area (Å²) in [4.78, 5) is 26.9. The van der Waals surface area contributed by atoms with E-state index in [4.69, 9.17) is 9.84 Å². The number of rotatable bonds is 5. The van der Waals surface area contributed by atoms with Crippen LogP contribution in [-0.2, 0) is 9.53 Å². The van der Waals surface area contributed by atoms with Gasteiger partial charge in [-0.1, -0.05) is 12.8 Å². The van der Waals surface area contributed by atoms with E-state index in [-0.39, 0.29) is 18.6 Å². The van der Waals surface area contributed by atoms with E-state index in [1.807, 2.05) is 0 Å². The first-order valence-electron chi connectivity index (χ1n) is 7.38. The van der Waals surface area contributed by atoms with Crippen LogP contribution in [0.2, 0.25) is 0 Å². The molecule has 0 aromatic carbocycles. The normalized spacial score (nSPS) is 23.2. The first kappa shape index (κ1) is 15.1. The number of nitrogens with zero attached hydrogens (tertiary/aromatic N) is 2. The number of methoxy groups -OCH3 is 1. The fourth-order valence-corrected chi connectivity index (χ4v) is 3.27. The summed E-state index contributed by atoms with van der Waals surface area (Å²) in [5, 5.41) is 9.04. The third kappa shape index (κ3) is 3.62. The molecule has 2 amide bonds. The van der Waals surface area contributed by atoms with Gasteiger partial charge >= 0.3 is 12.0 Å². The van der Waals surface area contributed by atoms with E-state index < -0.39 is 5.97 Å². The van der Waals surface area contributed by atoms with Gasteiger partial charge in [0.15, 0.2) is 0 Å². The Morgan fingerprint density at radius 1 is 1.30 bits per heavy atom. The highest BCUT2D eigenvalue weighted by atomic mass is 16.5. The van der Waals surface area contributed by atoms with Crippen LogP contribution in [0.5, 0.6) is 0 Å². The van der Waals surface area contributed by atoms with Crippen molar-refractivity contribution in [1.82, 2.24) is 9.80 Å². The number of hydrogen-bond acceptors (Lipinski definition) is 3. The first-order chi connectivity index (χ1) is 9.61. The molecule has 114 valence electrons. The minimum absolute atomic E-state index is 0.0973. The minimum Gasteiger partial charge on any atom is -0.480 e. The lowest BCUT2D eigenvalue weighted by Crippen LogP contribution is -2.48. The van der Waals surface area contributed by atoms with E-state index >= 15 is 0 Å². The highest BCUT2D eigenvalue weighted by Crippen LogP contribution is 2.26. The molecule has 1 saturated carbocycles. The molecule has 0 spiro atoms. The van der Waals surface area contributed by atoms with Gasteiger partial charge in [-0.2, -0.15) is 0 Å². The zero-order valence-electron chi connectivity index (χ0n) is 12.1. The smallest absolute Gasteiger partial charge is 0.323 e. The largest absolute Gasteiger partial charge is 0.480 e. The van der Waals surface area contributed by atoms with Crippen LogP contribution < -0.4 is 0 Å². The molecule has 1 aliphatic heterocycles. The van der Waals surface area contributed by atoms with Crippen LogP contribution in [-0.4, -0.2) is 66.3 Å². The second-order valence-electron chi connectivity index (χ2n) is 5.80. The summed E-state index contributed by atoms with van der Waals surface area (Å²) in [7, 11) is 1.67. The third-order valence-electron chi connectivity index (χ3n) is 4.28. The molecule has 0 bridgehead atoms. The average Bonchev–Trinajstić information content (AvgIpc) is 3.06. The molecule has 6 heteroatoms. The highest BCUT2D eigenvalue weighted by molar-refractivity contribution is 5.80. The Hall–Kier alpha value is -1.30. The van der Waals surface area contributed by atoms with Gasteiger partial charge in [0.1, 0.15) is 6.54 Å². The van der Waals surface area contributed by atoms with Crippen molar-refractivity contribution in [2.45, 2.75) is 38.1 Å². The van der Waals surface area contributed by atoms with Gasteiger partial charge in [0.2, 0.25) is 0 Å². The Bertz CT molecular complexity index is 355. The lowest BCUT2D eigenvalue weighted by atomic mass is 10.1. The van der Waals surface area contributed by atoms with Crippen molar-refractivity contribution >= 4 is 12.0 Å². The van der Waals surface area contributed by atoms with Crippen molar-refractivity contribution < 1.29 is 19.4 Å². The summed E-state index contributed by atoms with van der Waals surface area (Å²) in [6, 6.07) is -0.0158. The van der Waals surface area contributed by atoms with Crippen molar-refractivity contribution in [3.8, 4) is 0 Å². The Balaban J connectivity index is 1.97. The number of ether oxygens (including phenoxy) is 1. The van der Waals surface area contributed by atoms with Gasteiger partial charge in [-0.15, -0.1) is 0 Å². The predicted molar refractivity (Wildman–Crippen MR) is 73.5 cm³/mol. The Labute approximate surface area is 119 Å². The molecule has 0 aromatic rings. The molecule has 1 saturated heterocycles. The number of carbonyl (C=O) groups excluding carboxylic acids is 1. The summed E-state index contributed by atoms with van der Waals surface area (Å²) in [5.41, 5.74) is 0. The standard InChI is InChI=1S/C14H24N2O4/c1-20-10-11-6-7-15(8-11)14(19)16(9-13(17)18)12-4-2-3-5-12/h11-12H,2-10H2,1H3,(H,17,18). The zero-order valence-corrected chi connectivity index (χ0v) is 12.1. The maximum absolute atomic E-state index is 12.6. The molecule has 0 radical (unpaired) electrons. The van der Waals surface area contributed by atoms with Gasteiger partial charge in [-0.05, 0) is 19.3 Å². The number of carboxylic acids is 1. The van der Waals surface area contributed by atoms with Crippen LogP contribution in [0.25, 0.3) is 0 Å². The monoisotopic (exact) mass is 284 g/mol. The van der Waals surface area contributed by atoms with Gasteiger partial charge in [0.05, 0.1) is 6.61 Å². The minimum atomic E-state index is -0.933. The molecule has 2 fully saturated rings. The quantitative estimate of drug-likeness (QED) is 0.828. The van der Waals surface area contributed by atoms with Crippen molar-refractivity contribution in [1.29, 1.82) is 0 Å². The van der Waals surface area contributed by atoms with Crippen molar-refractivity contribution in [2.75, 3.05) is 33.4 Å². The summed E-state index contributed by atoms with van der Waals surface area (Å²) in [6.07, 6.45) is 4.95. The number of urea groups is 1. The highest BCUT2D eigenvalue weighted by Gasteiger charge is 2.34. The van der Waals surface area contributed by atoms with Gasteiger partial charge in [-0.25, -0.2) is 4.79 Å². The van der Waals surface area contributed by atoms with E-state index in [1.165, 1.54) is 0 Å². The number of carbonyl (C=O) groups is 2. The molecule has 1 unspecified atom stereocenters. The van der Waals surface area contributed by atoms with Crippen LogP contribution in [0.1, 0.15) is 32.1 Å². The molecule has 20 heavy (non-hydrogen) atoms. The predicted octanol–water partition coefficient (Wildman–Crippen LogP) is 1.40. The molecular weight excluding hydrogens is 260 g/mol. The van der Waals surface area contributed by atoms with Gasteiger partial charge < -0.3 is 19.6 Å². The van der Waals surface area contributed by atoms with Crippen molar-refractivity contribution in [3.63, 3.8) is 0 Å². The number of aliphatic carboxylic acids is 1. The van der Waals surface area contributed by atoms with E-state index in [0.29, 0.717) is 25.6 Å². The van der Waals surface area contributed by atoms with Crippen LogP contribution >= 0.6 is 0 Å². The average molecular weight is 284 g/mol. The van der Waals surface area contributed by atoms with E-state index in [2.05, 4.69) is 0 Å². The van der Waals surface area contributed by atoms with Crippen LogP contribution in [0.15, 0.2) is 0 Å². The summed E-state index contributed by atoms with van der Waals surface area (Å²) >= 11 is 0. The van der Waals surface area contributed by atoms with Gasteiger partial charge in [-0.3, -0.25) is 4.79 Å². The Kier molecular flexibility index (Phi) is 5.23. The van der Waals surface area contributed by atoms with Gasteiger partial charge in [0.25, 0.3) is 0 Å². The second kappa shape index (κ2) is 6.92. The lowest BCUT2D eigenvalue weighted by Gasteiger charge is -2.31. The maximum Gasteiger partial charge on any atom is 0.323 e. The molecule has 1 heterocycles. The fraction of sp³-hybridized carbons (Fsp3) is 0.857. The molecule has 1 atom stereocenters. The molecule has 1 aliphatic carbocycles. The molecule has 6 nitrogen and oxygen atoms in total. The van der Waals surface area contributed by atoms with Crippen molar-refractivity contribution in [2.24, 2.45) is 5.92 Å². The molecule has 1 N–H and O–H groups in total. The fourth-order valence-electron chi connectivity index (χ4n) is 3.27. The van der Waals surface area contributed by atoms with E-state index in [1.54, 1.807) is 16.9 Å². The topological polar surface area (TPSA) is 70.1 Å². The van der Waals surface area contributed by atoms with Gasteiger partial charge in [0, 0.05) is 32.2 Å². The zero-order chi connectivity index (χ0) is 14.5. The SMILES string of the molecule is COCC1CCN(C(=O)N(CC(=O)O)C2CCCC2)C1. The first-order valence-corrected chi connectivity index (χ1v) is 7.38. The van der Waals surface area contributed by atoms with E-state index in [9.17, 15) is 9.59 Å². The number of likely N-dealkylation sites (tertiary alicyclic amines) is 1. The number of hydrogen-bond donors (Lipinski definition) is 1. The second-order valence-corrected chi connectivity index (χ2v) is 5.80. The maximum atomic E-state index is 12.6.